The van der Waals surface area contributed by atoms with Crippen LogP contribution in [-0.2, 0) is 16.4 Å². The van der Waals surface area contributed by atoms with E-state index in [-0.39, 0.29) is 17.5 Å². The quantitative estimate of drug-likeness (QED) is 0.846. The molecule has 128 valence electrons. The molecule has 0 amide bonds. The first-order valence-corrected chi connectivity index (χ1v) is 9.91. The predicted molar refractivity (Wildman–Crippen MR) is 96.2 cm³/mol. The third-order valence-electron chi connectivity index (χ3n) is 3.84. The minimum absolute atomic E-state index is 0.131. The first kappa shape index (κ1) is 17.0. The largest absolute Gasteiger partial charge is 0.366 e. The zero-order valence-corrected chi connectivity index (χ0v) is 14.9. The third-order valence-corrected chi connectivity index (χ3v) is 5.97. The molecule has 3 rings (SSSR count). The lowest BCUT2D eigenvalue weighted by Gasteiger charge is -2.13. The standard InChI is InChI=1S/C16H19ClN4O2S/c1-11-8-15(18-9-12-4-2-3-5-14(12)17)21-16(19-11)20-13-6-7-24(22,23)10-13/h2-5,8,13H,6-7,9-10H2,1H3,(H2,18,19,20,21). The Labute approximate surface area is 146 Å². The van der Waals surface area contributed by atoms with E-state index >= 15 is 0 Å². The zero-order valence-electron chi connectivity index (χ0n) is 13.3. The predicted octanol–water partition coefficient (Wildman–Crippen LogP) is 2.65. The van der Waals surface area contributed by atoms with Gasteiger partial charge in [-0.2, -0.15) is 4.98 Å². The highest BCUT2D eigenvalue weighted by Gasteiger charge is 2.28. The number of aromatic nitrogens is 2. The molecule has 1 aliphatic rings. The van der Waals surface area contributed by atoms with Crippen molar-refractivity contribution >= 4 is 33.2 Å². The van der Waals surface area contributed by atoms with Crippen LogP contribution in [0.2, 0.25) is 5.02 Å². The first-order valence-electron chi connectivity index (χ1n) is 7.71. The van der Waals surface area contributed by atoms with E-state index < -0.39 is 9.84 Å². The summed E-state index contributed by atoms with van der Waals surface area (Å²) in [6.45, 7) is 2.42. The molecule has 0 spiro atoms. The average Bonchev–Trinajstić information content (AvgIpc) is 2.85. The summed E-state index contributed by atoms with van der Waals surface area (Å²) in [5, 5.41) is 7.05. The monoisotopic (exact) mass is 366 g/mol. The number of hydrogen-bond acceptors (Lipinski definition) is 6. The van der Waals surface area contributed by atoms with Gasteiger partial charge in [-0.25, -0.2) is 13.4 Å². The lowest BCUT2D eigenvalue weighted by molar-refractivity contribution is 0.602. The number of nitrogens with zero attached hydrogens (tertiary/aromatic N) is 2. The van der Waals surface area contributed by atoms with Crippen molar-refractivity contribution in [1.82, 2.24) is 9.97 Å². The second-order valence-electron chi connectivity index (χ2n) is 5.91. The van der Waals surface area contributed by atoms with Gasteiger partial charge in [0.15, 0.2) is 9.84 Å². The number of sulfone groups is 1. The SMILES string of the molecule is Cc1cc(NCc2ccccc2Cl)nc(NC2CCS(=O)(=O)C2)n1. The molecule has 2 heterocycles. The maximum Gasteiger partial charge on any atom is 0.225 e. The van der Waals surface area contributed by atoms with E-state index in [1.54, 1.807) is 0 Å². The Hall–Kier alpha value is -1.86. The van der Waals surface area contributed by atoms with Gasteiger partial charge in [-0.05, 0) is 25.0 Å². The molecular formula is C16H19ClN4O2S. The van der Waals surface area contributed by atoms with Crippen LogP contribution in [-0.4, -0.2) is 35.9 Å². The van der Waals surface area contributed by atoms with E-state index in [9.17, 15) is 8.42 Å². The summed E-state index contributed by atoms with van der Waals surface area (Å²) < 4.78 is 23.1. The molecule has 0 bridgehead atoms. The van der Waals surface area contributed by atoms with Crippen LogP contribution in [0.15, 0.2) is 30.3 Å². The Morgan fingerprint density at radius 3 is 2.79 bits per heavy atom. The third kappa shape index (κ3) is 4.36. The summed E-state index contributed by atoms with van der Waals surface area (Å²) in [7, 11) is -2.94. The van der Waals surface area contributed by atoms with Crippen molar-refractivity contribution in [3.8, 4) is 0 Å². The summed E-state index contributed by atoms with van der Waals surface area (Å²) in [4.78, 5) is 8.75. The summed E-state index contributed by atoms with van der Waals surface area (Å²) >= 11 is 6.15. The van der Waals surface area contributed by atoms with Crippen LogP contribution >= 0.6 is 11.6 Å². The van der Waals surface area contributed by atoms with E-state index in [0.29, 0.717) is 29.8 Å². The van der Waals surface area contributed by atoms with Crippen LogP contribution in [0.25, 0.3) is 0 Å². The Kier molecular flexibility index (Phi) is 4.91. The van der Waals surface area contributed by atoms with Crippen molar-refractivity contribution in [2.45, 2.75) is 25.9 Å². The lowest BCUT2D eigenvalue weighted by Crippen LogP contribution is -2.22. The molecule has 2 aromatic rings. The van der Waals surface area contributed by atoms with Gasteiger partial charge in [0.05, 0.1) is 11.5 Å². The molecule has 6 nitrogen and oxygen atoms in total. The van der Waals surface area contributed by atoms with E-state index in [4.69, 9.17) is 11.6 Å². The molecule has 1 aliphatic heterocycles. The van der Waals surface area contributed by atoms with Gasteiger partial charge in [-0.3, -0.25) is 0 Å². The second-order valence-corrected chi connectivity index (χ2v) is 8.54. The number of hydrogen-bond donors (Lipinski definition) is 2. The van der Waals surface area contributed by atoms with E-state index in [1.165, 1.54) is 0 Å². The van der Waals surface area contributed by atoms with Crippen LogP contribution in [0.5, 0.6) is 0 Å². The van der Waals surface area contributed by atoms with E-state index in [2.05, 4.69) is 20.6 Å². The fourth-order valence-corrected chi connectivity index (χ4v) is 4.52. The van der Waals surface area contributed by atoms with Crippen LogP contribution in [0.3, 0.4) is 0 Å². The van der Waals surface area contributed by atoms with Gasteiger partial charge >= 0.3 is 0 Å². The van der Waals surface area contributed by atoms with Crippen molar-refractivity contribution in [2.24, 2.45) is 0 Å². The molecule has 1 atom stereocenters. The number of anilines is 2. The maximum atomic E-state index is 11.6. The number of rotatable bonds is 5. The van der Waals surface area contributed by atoms with Gasteiger partial charge in [-0.1, -0.05) is 29.8 Å². The van der Waals surface area contributed by atoms with E-state index in [1.807, 2.05) is 37.3 Å². The number of halogens is 1. The van der Waals surface area contributed by atoms with Gasteiger partial charge in [0.2, 0.25) is 5.95 Å². The van der Waals surface area contributed by atoms with Gasteiger partial charge in [0.1, 0.15) is 5.82 Å². The molecule has 0 radical (unpaired) electrons. The van der Waals surface area contributed by atoms with Crippen LogP contribution in [0.1, 0.15) is 17.7 Å². The normalized spacial score (nSPS) is 19.2. The summed E-state index contributed by atoms with van der Waals surface area (Å²) in [5.41, 5.74) is 1.78. The number of aryl methyl sites for hydroxylation is 1. The molecule has 1 aromatic carbocycles. The molecule has 24 heavy (non-hydrogen) atoms. The van der Waals surface area contributed by atoms with Gasteiger partial charge in [0, 0.05) is 29.4 Å². The Bertz CT molecular complexity index is 842. The molecule has 0 saturated carbocycles. The molecule has 2 N–H and O–H groups in total. The lowest BCUT2D eigenvalue weighted by atomic mass is 10.2. The second kappa shape index (κ2) is 6.94. The van der Waals surface area contributed by atoms with Crippen molar-refractivity contribution in [1.29, 1.82) is 0 Å². The highest BCUT2D eigenvalue weighted by atomic mass is 35.5. The van der Waals surface area contributed by atoms with Crippen molar-refractivity contribution in [2.75, 3.05) is 22.1 Å². The van der Waals surface area contributed by atoms with Crippen molar-refractivity contribution in [3.63, 3.8) is 0 Å². The minimum atomic E-state index is -2.94. The Morgan fingerprint density at radius 1 is 1.29 bits per heavy atom. The molecule has 1 saturated heterocycles. The van der Waals surface area contributed by atoms with Crippen LogP contribution in [0, 0.1) is 6.92 Å². The molecule has 0 aliphatic carbocycles. The molecular weight excluding hydrogens is 348 g/mol. The fraction of sp³-hybridized carbons (Fsp3) is 0.375. The zero-order chi connectivity index (χ0) is 17.2. The van der Waals surface area contributed by atoms with E-state index in [0.717, 1.165) is 11.3 Å². The van der Waals surface area contributed by atoms with Crippen molar-refractivity contribution < 1.29 is 8.42 Å². The van der Waals surface area contributed by atoms with Crippen LogP contribution < -0.4 is 10.6 Å². The highest BCUT2D eigenvalue weighted by molar-refractivity contribution is 7.91. The molecule has 8 heteroatoms. The average molecular weight is 367 g/mol. The molecule has 1 fully saturated rings. The summed E-state index contributed by atoms with van der Waals surface area (Å²) in [5.74, 6) is 1.46. The van der Waals surface area contributed by atoms with Gasteiger partial charge in [0.25, 0.3) is 0 Å². The van der Waals surface area contributed by atoms with Gasteiger partial charge < -0.3 is 10.6 Å². The highest BCUT2D eigenvalue weighted by Crippen LogP contribution is 2.19. The molecule has 1 aromatic heterocycles. The maximum absolute atomic E-state index is 11.6. The van der Waals surface area contributed by atoms with Crippen LogP contribution in [0.4, 0.5) is 11.8 Å². The minimum Gasteiger partial charge on any atom is -0.366 e. The Morgan fingerprint density at radius 2 is 2.08 bits per heavy atom. The topological polar surface area (TPSA) is 84.0 Å². The molecule has 1 unspecified atom stereocenters. The number of benzene rings is 1. The van der Waals surface area contributed by atoms with Gasteiger partial charge in [-0.15, -0.1) is 0 Å². The fourth-order valence-electron chi connectivity index (χ4n) is 2.64. The van der Waals surface area contributed by atoms with Crippen molar-refractivity contribution in [3.05, 3.63) is 46.6 Å². The summed E-state index contributed by atoms with van der Waals surface area (Å²) in [6.07, 6.45) is 0.585. The smallest absolute Gasteiger partial charge is 0.225 e. The summed E-state index contributed by atoms with van der Waals surface area (Å²) in [6, 6.07) is 9.32. The number of nitrogens with one attached hydrogen (secondary N) is 2. The Balaban J connectivity index is 1.69. The first-order chi connectivity index (χ1) is 11.4.